The summed E-state index contributed by atoms with van der Waals surface area (Å²) in [5.41, 5.74) is 0.0179. The number of hydrogen-bond donors (Lipinski definition) is 0. The van der Waals surface area contributed by atoms with Gasteiger partial charge >= 0.3 is 5.97 Å². The molecule has 0 unspecified atom stereocenters. The molecule has 12 heavy (non-hydrogen) atoms. The highest BCUT2D eigenvalue weighted by molar-refractivity contribution is 9.14. The third kappa shape index (κ3) is 3.28. The summed E-state index contributed by atoms with van der Waals surface area (Å²) in [6, 6.07) is 1.77. The van der Waals surface area contributed by atoms with Crippen LogP contribution in [-0.4, -0.2) is 18.8 Å². The van der Waals surface area contributed by atoms with Crippen LogP contribution in [0.25, 0.3) is 0 Å². The predicted molar refractivity (Wildman–Crippen MR) is 51.7 cm³/mol. The number of nitriles is 1. The van der Waals surface area contributed by atoms with Crippen LogP contribution in [0.15, 0.2) is 9.39 Å². The first kappa shape index (κ1) is 11.5. The second-order valence-electron chi connectivity index (χ2n) is 1.69. The molecule has 0 atom stereocenters. The molecular formula is C7H8BrNO2S. The van der Waals surface area contributed by atoms with Gasteiger partial charge in [-0.3, -0.25) is 0 Å². The quantitative estimate of drug-likeness (QED) is 0.437. The summed E-state index contributed by atoms with van der Waals surface area (Å²) >= 11 is 4.51. The predicted octanol–water partition coefficient (Wildman–Crippen LogP) is 2.04. The van der Waals surface area contributed by atoms with Crippen molar-refractivity contribution in [3.05, 3.63) is 9.39 Å². The second kappa shape index (κ2) is 6.09. The molecule has 0 aromatic rings. The van der Waals surface area contributed by atoms with E-state index in [1.807, 2.05) is 6.92 Å². The lowest BCUT2D eigenvalue weighted by molar-refractivity contribution is -0.135. The molecule has 0 aromatic heterocycles. The standard InChI is InChI=1S/C7H8BrNO2S/c1-3-12-6(8)5(4-9)7(10)11-2/h3H2,1-2H3. The van der Waals surface area contributed by atoms with E-state index in [0.29, 0.717) is 3.81 Å². The Balaban J connectivity index is 4.64. The molecule has 0 bridgehead atoms. The maximum atomic E-state index is 10.9. The largest absolute Gasteiger partial charge is 0.465 e. The van der Waals surface area contributed by atoms with Gasteiger partial charge in [0.25, 0.3) is 0 Å². The molecule has 0 heterocycles. The van der Waals surface area contributed by atoms with Gasteiger partial charge in [-0.2, -0.15) is 5.26 Å². The van der Waals surface area contributed by atoms with Crippen LogP contribution in [0.2, 0.25) is 0 Å². The SMILES string of the molecule is CCSC(Br)=C(C#N)C(=O)OC. The third-order valence-corrected chi connectivity index (χ3v) is 2.80. The molecule has 0 amide bonds. The van der Waals surface area contributed by atoms with E-state index in [4.69, 9.17) is 5.26 Å². The van der Waals surface area contributed by atoms with E-state index in [1.54, 1.807) is 6.07 Å². The Morgan fingerprint density at radius 2 is 2.33 bits per heavy atom. The lowest BCUT2D eigenvalue weighted by atomic mass is 10.3. The maximum absolute atomic E-state index is 10.9. The fourth-order valence-corrected chi connectivity index (χ4v) is 1.93. The zero-order chi connectivity index (χ0) is 9.56. The highest BCUT2D eigenvalue weighted by Crippen LogP contribution is 2.25. The van der Waals surface area contributed by atoms with Gasteiger partial charge < -0.3 is 4.74 Å². The van der Waals surface area contributed by atoms with E-state index in [1.165, 1.54) is 18.9 Å². The Kier molecular flexibility index (Phi) is 5.85. The van der Waals surface area contributed by atoms with E-state index in [2.05, 4.69) is 20.7 Å². The Morgan fingerprint density at radius 1 is 1.75 bits per heavy atom. The number of halogens is 1. The molecule has 0 aliphatic rings. The molecule has 0 saturated heterocycles. The van der Waals surface area contributed by atoms with E-state index < -0.39 is 5.97 Å². The monoisotopic (exact) mass is 249 g/mol. The molecule has 3 nitrogen and oxygen atoms in total. The van der Waals surface area contributed by atoms with Gasteiger partial charge in [-0.1, -0.05) is 6.92 Å². The minimum Gasteiger partial charge on any atom is -0.465 e. The Morgan fingerprint density at radius 3 is 2.67 bits per heavy atom. The number of nitrogens with zero attached hydrogens (tertiary/aromatic N) is 1. The molecule has 0 radical (unpaired) electrons. The smallest absolute Gasteiger partial charge is 0.350 e. The summed E-state index contributed by atoms with van der Waals surface area (Å²) in [5, 5.41) is 8.57. The lowest BCUT2D eigenvalue weighted by Gasteiger charge is -1.99. The van der Waals surface area contributed by atoms with Crippen molar-refractivity contribution in [3.63, 3.8) is 0 Å². The number of ether oxygens (including phenoxy) is 1. The van der Waals surface area contributed by atoms with Crippen LogP contribution in [0.1, 0.15) is 6.92 Å². The van der Waals surface area contributed by atoms with E-state index in [-0.39, 0.29) is 5.57 Å². The van der Waals surface area contributed by atoms with E-state index in [9.17, 15) is 4.79 Å². The van der Waals surface area contributed by atoms with Crippen LogP contribution in [0.3, 0.4) is 0 Å². The van der Waals surface area contributed by atoms with Crippen LogP contribution >= 0.6 is 27.7 Å². The van der Waals surface area contributed by atoms with Crippen molar-refractivity contribution < 1.29 is 9.53 Å². The van der Waals surface area contributed by atoms with E-state index in [0.717, 1.165) is 5.75 Å². The molecule has 0 aliphatic heterocycles. The van der Waals surface area contributed by atoms with Crippen molar-refractivity contribution >= 4 is 33.7 Å². The van der Waals surface area contributed by atoms with Crippen LogP contribution in [0.4, 0.5) is 0 Å². The summed E-state index contributed by atoms with van der Waals surface area (Å²) in [5.74, 6) is 0.188. The number of thioether (sulfide) groups is 1. The maximum Gasteiger partial charge on any atom is 0.350 e. The molecule has 0 saturated carbocycles. The van der Waals surface area contributed by atoms with Crippen molar-refractivity contribution in [1.29, 1.82) is 5.26 Å². The van der Waals surface area contributed by atoms with Crippen molar-refractivity contribution in [2.45, 2.75) is 6.92 Å². The first-order chi connectivity index (χ1) is 5.67. The van der Waals surface area contributed by atoms with Crippen LogP contribution < -0.4 is 0 Å². The average Bonchev–Trinajstić information content (AvgIpc) is 2.06. The third-order valence-electron chi connectivity index (χ3n) is 0.969. The molecule has 0 spiro atoms. The first-order valence-corrected chi connectivity index (χ1v) is 4.96. The highest BCUT2D eigenvalue weighted by atomic mass is 79.9. The number of methoxy groups -OCH3 is 1. The normalized spacial score (nSPS) is 11.5. The van der Waals surface area contributed by atoms with Crippen LogP contribution in [0.5, 0.6) is 0 Å². The number of rotatable bonds is 3. The van der Waals surface area contributed by atoms with Gasteiger partial charge in [-0.25, -0.2) is 4.79 Å². The van der Waals surface area contributed by atoms with Gasteiger partial charge in [-0.05, 0) is 21.7 Å². The molecule has 0 rings (SSSR count). The Bertz CT molecular complexity index is 244. The lowest BCUT2D eigenvalue weighted by Crippen LogP contribution is -2.03. The van der Waals surface area contributed by atoms with Crippen molar-refractivity contribution in [3.8, 4) is 6.07 Å². The fourth-order valence-electron chi connectivity index (χ4n) is 0.471. The number of carbonyl (C=O) groups excluding carboxylic acids is 1. The minimum atomic E-state index is -0.606. The van der Waals surface area contributed by atoms with Crippen molar-refractivity contribution in [2.24, 2.45) is 0 Å². The molecule has 0 N–H and O–H groups in total. The van der Waals surface area contributed by atoms with Crippen LogP contribution in [-0.2, 0) is 9.53 Å². The van der Waals surface area contributed by atoms with Gasteiger partial charge in [-0.15, -0.1) is 11.8 Å². The fraction of sp³-hybridized carbons (Fsp3) is 0.429. The van der Waals surface area contributed by atoms with Gasteiger partial charge in [0.2, 0.25) is 0 Å². The van der Waals surface area contributed by atoms with Gasteiger partial charge in [0.15, 0.2) is 5.57 Å². The number of esters is 1. The summed E-state index contributed by atoms with van der Waals surface area (Å²) in [6.45, 7) is 1.93. The Hall–Kier alpha value is -0.470. The first-order valence-electron chi connectivity index (χ1n) is 3.18. The molecule has 66 valence electrons. The number of hydrogen-bond acceptors (Lipinski definition) is 4. The second-order valence-corrected chi connectivity index (χ2v) is 4.28. The van der Waals surface area contributed by atoms with Crippen LogP contribution in [0, 0.1) is 11.3 Å². The minimum absolute atomic E-state index is 0.0179. The molecule has 5 heteroatoms. The summed E-state index contributed by atoms with van der Waals surface area (Å²) in [4.78, 5) is 10.9. The topological polar surface area (TPSA) is 50.1 Å². The van der Waals surface area contributed by atoms with Crippen molar-refractivity contribution in [2.75, 3.05) is 12.9 Å². The molecule has 0 fully saturated rings. The zero-order valence-electron chi connectivity index (χ0n) is 6.76. The molecule has 0 aliphatic carbocycles. The van der Waals surface area contributed by atoms with Gasteiger partial charge in [0.05, 0.1) is 10.9 Å². The van der Waals surface area contributed by atoms with Gasteiger partial charge in [0.1, 0.15) is 6.07 Å². The Labute approximate surface area is 83.9 Å². The van der Waals surface area contributed by atoms with Gasteiger partial charge in [0, 0.05) is 0 Å². The molecule has 0 aromatic carbocycles. The summed E-state index contributed by atoms with van der Waals surface area (Å²) in [7, 11) is 1.25. The van der Waals surface area contributed by atoms with E-state index >= 15 is 0 Å². The summed E-state index contributed by atoms with van der Waals surface area (Å²) in [6.07, 6.45) is 0. The highest BCUT2D eigenvalue weighted by Gasteiger charge is 2.13. The van der Waals surface area contributed by atoms with Crippen molar-refractivity contribution in [1.82, 2.24) is 0 Å². The average molecular weight is 250 g/mol. The summed E-state index contributed by atoms with van der Waals surface area (Å²) < 4.78 is 4.94. The molecular weight excluding hydrogens is 242 g/mol. The zero-order valence-corrected chi connectivity index (χ0v) is 9.16. The number of carbonyl (C=O) groups is 1.